The second kappa shape index (κ2) is 6.64. The topological polar surface area (TPSA) is 26.3 Å². The fourth-order valence-electron chi connectivity index (χ4n) is 3.86. The first-order valence-corrected chi connectivity index (χ1v) is 8.85. The highest BCUT2D eigenvalue weighted by Crippen LogP contribution is 2.37. The number of hydrogen-bond donors (Lipinski definition) is 0. The minimum absolute atomic E-state index is 0.0250. The summed E-state index contributed by atoms with van der Waals surface area (Å²) in [6.45, 7) is 0. The number of carbonyl (C=O) groups is 1. The predicted octanol–water partition coefficient (Wildman–Crippen LogP) is 5.14. The molecule has 2 aliphatic rings. The van der Waals surface area contributed by atoms with Crippen LogP contribution in [0.4, 0.5) is 0 Å². The highest BCUT2D eigenvalue weighted by molar-refractivity contribution is 5.86. The molecule has 1 fully saturated rings. The van der Waals surface area contributed by atoms with Crippen LogP contribution in [0.15, 0.2) is 54.6 Å². The van der Waals surface area contributed by atoms with Gasteiger partial charge in [-0.3, -0.25) is 4.79 Å². The Balaban J connectivity index is 1.74. The Hall–Kier alpha value is -2.35. The molecule has 1 aliphatic heterocycles. The molecule has 0 amide bonds. The van der Waals surface area contributed by atoms with E-state index < -0.39 is 0 Å². The zero-order valence-electron chi connectivity index (χ0n) is 13.8. The first-order chi connectivity index (χ1) is 11.8. The minimum atomic E-state index is -0.0621. The van der Waals surface area contributed by atoms with E-state index in [2.05, 4.69) is 36.4 Å². The smallest absolute Gasteiger partial charge is 0.139 e. The molecule has 2 nitrogen and oxygen atoms in total. The van der Waals surface area contributed by atoms with Crippen LogP contribution < -0.4 is 4.74 Å². The molecule has 2 atom stereocenters. The molecular formula is C22H22O2. The quantitative estimate of drug-likeness (QED) is 0.766. The van der Waals surface area contributed by atoms with Gasteiger partial charge in [-0.15, -0.1) is 0 Å². The summed E-state index contributed by atoms with van der Waals surface area (Å²) in [6.07, 6.45) is 6.76. The number of Topliss-reactive ketones (excluding diaryl/α,β-unsaturated/α-hetero) is 1. The molecule has 0 radical (unpaired) electrons. The van der Waals surface area contributed by atoms with Crippen LogP contribution in [-0.2, 0) is 4.79 Å². The van der Waals surface area contributed by atoms with Gasteiger partial charge < -0.3 is 4.74 Å². The highest BCUT2D eigenvalue weighted by atomic mass is 16.5. The van der Waals surface area contributed by atoms with Crippen LogP contribution in [0.3, 0.4) is 0 Å². The minimum Gasteiger partial charge on any atom is -0.489 e. The summed E-state index contributed by atoms with van der Waals surface area (Å²) in [5.74, 6) is 1.29. The Kier molecular flexibility index (Phi) is 4.20. The maximum Gasteiger partial charge on any atom is 0.139 e. The fourth-order valence-corrected chi connectivity index (χ4v) is 3.86. The van der Waals surface area contributed by atoms with E-state index in [1.807, 2.05) is 24.3 Å². The van der Waals surface area contributed by atoms with Gasteiger partial charge in [-0.1, -0.05) is 55.0 Å². The van der Waals surface area contributed by atoms with Crippen molar-refractivity contribution < 1.29 is 9.53 Å². The number of para-hydroxylation sites is 1. The Bertz CT molecular complexity index is 761. The van der Waals surface area contributed by atoms with E-state index in [0.29, 0.717) is 12.2 Å². The van der Waals surface area contributed by atoms with Gasteiger partial charge in [-0.2, -0.15) is 0 Å². The molecule has 0 bridgehead atoms. The molecule has 2 unspecified atom stereocenters. The van der Waals surface area contributed by atoms with Crippen molar-refractivity contribution in [3.8, 4) is 5.75 Å². The number of ketones is 1. The van der Waals surface area contributed by atoms with Gasteiger partial charge in [-0.05, 0) is 36.1 Å². The molecule has 0 aromatic heterocycles. The van der Waals surface area contributed by atoms with Crippen molar-refractivity contribution in [3.05, 3.63) is 65.7 Å². The van der Waals surface area contributed by atoms with E-state index in [1.165, 1.54) is 11.1 Å². The van der Waals surface area contributed by atoms with Crippen molar-refractivity contribution in [2.24, 2.45) is 5.92 Å². The summed E-state index contributed by atoms with van der Waals surface area (Å²) in [5, 5.41) is 0. The van der Waals surface area contributed by atoms with Crippen LogP contribution in [0.1, 0.15) is 43.2 Å². The third kappa shape index (κ3) is 3.01. The lowest BCUT2D eigenvalue weighted by Crippen LogP contribution is -2.35. The second-order valence-electron chi connectivity index (χ2n) is 6.75. The molecule has 122 valence electrons. The summed E-state index contributed by atoms with van der Waals surface area (Å²) in [7, 11) is 0. The highest BCUT2D eigenvalue weighted by Gasteiger charge is 2.34. The van der Waals surface area contributed by atoms with Gasteiger partial charge in [0.2, 0.25) is 0 Å². The van der Waals surface area contributed by atoms with Crippen LogP contribution in [0.2, 0.25) is 0 Å². The summed E-state index contributed by atoms with van der Waals surface area (Å²) in [6, 6.07) is 18.6. The molecule has 1 aliphatic carbocycles. The van der Waals surface area contributed by atoms with Crippen molar-refractivity contribution in [1.82, 2.24) is 0 Å². The molecule has 24 heavy (non-hydrogen) atoms. The van der Waals surface area contributed by atoms with E-state index in [1.54, 1.807) is 0 Å². The molecule has 0 N–H and O–H groups in total. The van der Waals surface area contributed by atoms with Gasteiger partial charge in [0.1, 0.15) is 17.6 Å². The zero-order valence-corrected chi connectivity index (χ0v) is 13.8. The van der Waals surface area contributed by atoms with Crippen molar-refractivity contribution >= 4 is 17.4 Å². The molecule has 2 heteroatoms. The SMILES string of the molecule is O=C1CCCCC1C1CC(c2ccccc2)=Cc2ccccc2O1. The summed E-state index contributed by atoms with van der Waals surface area (Å²) >= 11 is 0. The lowest BCUT2D eigenvalue weighted by Gasteiger charge is -2.29. The van der Waals surface area contributed by atoms with Crippen molar-refractivity contribution in [2.75, 3.05) is 0 Å². The molecule has 2 aromatic carbocycles. The normalized spacial score (nSPS) is 23.7. The standard InChI is InChI=1S/C22H22O2/c23-20-12-6-5-11-19(20)22-15-18(16-8-2-1-3-9-16)14-17-10-4-7-13-21(17)24-22/h1-4,7-10,13-14,19,22H,5-6,11-12,15H2. The van der Waals surface area contributed by atoms with E-state index in [4.69, 9.17) is 4.74 Å². The fraction of sp³-hybridized carbons (Fsp3) is 0.318. The predicted molar refractivity (Wildman–Crippen MR) is 96.8 cm³/mol. The largest absolute Gasteiger partial charge is 0.489 e. The lowest BCUT2D eigenvalue weighted by atomic mass is 9.81. The Morgan fingerprint density at radius 2 is 1.71 bits per heavy atom. The summed E-state index contributed by atoms with van der Waals surface area (Å²) < 4.78 is 6.35. The number of fused-ring (bicyclic) bond motifs is 1. The van der Waals surface area contributed by atoms with Gasteiger partial charge in [0.15, 0.2) is 0 Å². The number of hydrogen-bond acceptors (Lipinski definition) is 2. The molecule has 0 saturated heterocycles. The monoisotopic (exact) mass is 318 g/mol. The van der Waals surface area contributed by atoms with E-state index >= 15 is 0 Å². The number of ether oxygens (including phenoxy) is 1. The van der Waals surface area contributed by atoms with Gasteiger partial charge in [0, 0.05) is 18.4 Å². The average Bonchev–Trinajstić information content (AvgIpc) is 2.82. The summed E-state index contributed by atoms with van der Waals surface area (Å²) in [5.41, 5.74) is 3.57. The third-order valence-corrected chi connectivity index (χ3v) is 5.14. The second-order valence-corrected chi connectivity index (χ2v) is 6.75. The van der Waals surface area contributed by atoms with Crippen molar-refractivity contribution in [2.45, 2.75) is 38.2 Å². The van der Waals surface area contributed by atoms with E-state index in [-0.39, 0.29) is 12.0 Å². The number of benzene rings is 2. The van der Waals surface area contributed by atoms with Gasteiger partial charge in [-0.25, -0.2) is 0 Å². The van der Waals surface area contributed by atoms with Gasteiger partial charge in [0.05, 0.1) is 5.92 Å². The first kappa shape index (κ1) is 15.2. The van der Waals surface area contributed by atoms with Crippen LogP contribution >= 0.6 is 0 Å². The Morgan fingerprint density at radius 3 is 2.54 bits per heavy atom. The Labute approximate surface area is 143 Å². The maximum atomic E-state index is 12.5. The maximum absolute atomic E-state index is 12.5. The molecule has 0 spiro atoms. The van der Waals surface area contributed by atoms with Gasteiger partial charge in [0.25, 0.3) is 0 Å². The van der Waals surface area contributed by atoms with Crippen LogP contribution in [0, 0.1) is 5.92 Å². The van der Waals surface area contributed by atoms with Crippen LogP contribution in [0.5, 0.6) is 5.75 Å². The summed E-state index contributed by atoms with van der Waals surface area (Å²) in [4.78, 5) is 12.5. The Morgan fingerprint density at radius 1 is 0.917 bits per heavy atom. The average molecular weight is 318 g/mol. The van der Waals surface area contributed by atoms with E-state index in [9.17, 15) is 4.79 Å². The molecule has 1 saturated carbocycles. The molecule has 1 heterocycles. The zero-order chi connectivity index (χ0) is 16.4. The number of carbonyl (C=O) groups excluding carboxylic acids is 1. The first-order valence-electron chi connectivity index (χ1n) is 8.85. The van der Waals surface area contributed by atoms with Crippen LogP contribution in [0.25, 0.3) is 11.6 Å². The van der Waals surface area contributed by atoms with Crippen molar-refractivity contribution in [1.29, 1.82) is 0 Å². The van der Waals surface area contributed by atoms with Gasteiger partial charge >= 0.3 is 0 Å². The number of rotatable bonds is 2. The molecule has 4 rings (SSSR count). The molecule has 2 aromatic rings. The lowest BCUT2D eigenvalue weighted by molar-refractivity contribution is -0.127. The van der Waals surface area contributed by atoms with Crippen LogP contribution in [-0.4, -0.2) is 11.9 Å². The molecular weight excluding hydrogens is 296 g/mol. The van der Waals surface area contributed by atoms with Crippen molar-refractivity contribution in [3.63, 3.8) is 0 Å². The van der Waals surface area contributed by atoms with E-state index in [0.717, 1.165) is 37.0 Å². The third-order valence-electron chi connectivity index (χ3n) is 5.14.